The summed E-state index contributed by atoms with van der Waals surface area (Å²) in [6.45, 7) is 2.17. The van der Waals surface area contributed by atoms with Gasteiger partial charge in [0.05, 0.1) is 22.5 Å². The van der Waals surface area contributed by atoms with Gasteiger partial charge in [-0.1, -0.05) is 38.7 Å². The molecule has 2 heterocycles. The first-order valence-electron chi connectivity index (χ1n) is 12.3. The third kappa shape index (κ3) is 5.71. The molecule has 4 N–H and O–H groups in total. The molecule has 1 aliphatic rings. The van der Waals surface area contributed by atoms with Gasteiger partial charge in [-0.2, -0.15) is 13.2 Å². The highest BCUT2D eigenvalue weighted by Gasteiger charge is 2.34. The number of hydrogen-bond acceptors (Lipinski definition) is 4. The van der Waals surface area contributed by atoms with Gasteiger partial charge in [-0.15, -0.1) is 0 Å². The Labute approximate surface area is 215 Å². The number of rotatable bonds is 4. The molecule has 2 atom stereocenters. The van der Waals surface area contributed by atoms with Crippen LogP contribution in [0.25, 0.3) is 33.2 Å². The zero-order valence-electron chi connectivity index (χ0n) is 20.6. The quantitative estimate of drug-likeness (QED) is 0.238. The minimum absolute atomic E-state index is 0.00669. The van der Waals surface area contributed by atoms with Crippen LogP contribution in [0.5, 0.6) is 0 Å². The van der Waals surface area contributed by atoms with Crippen LogP contribution >= 0.6 is 0 Å². The van der Waals surface area contributed by atoms with Crippen LogP contribution in [0.1, 0.15) is 51.0 Å². The van der Waals surface area contributed by atoms with E-state index in [0.717, 1.165) is 31.4 Å². The number of aromatic amines is 1. The molecule has 38 heavy (non-hydrogen) atoms. The Balaban J connectivity index is 0.000000236. The van der Waals surface area contributed by atoms with E-state index in [9.17, 15) is 26.7 Å². The van der Waals surface area contributed by atoms with Gasteiger partial charge in [0.1, 0.15) is 17.5 Å². The topological polar surface area (TPSA) is 105 Å². The molecule has 202 valence electrons. The lowest BCUT2D eigenvalue weighted by atomic mass is 9.79. The molecule has 0 amide bonds. The molecule has 1 fully saturated rings. The summed E-state index contributed by atoms with van der Waals surface area (Å²) in [7, 11) is 0. The van der Waals surface area contributed by atoms with Gasteiger partial charge in [0.15, 0.2) is 5.82 Å². The van der Waals surface area contributed by atoms with Gasteiger partial charge in [-0.05, 0) is 37.0 Å². The van der Waals surface area contributed by atoms with Gasteiger partial charge >= 0.3 is 12.1 Å². The molecule has 0 saturated heterocycles. The van der Waals surface area contributed by atoms with E-state index in [1.165, 1.54) is 37.6 Å². The predicted octanol–water partition coefficient (Wildman–Crippen LogP) is 7.33. The molecule has 2 unspecified atom stereocenters. The number of nitrogens with zero attached hydrogens (tertiary/aromatic N) is 2. The molecule has 0 radical (unpaired) electrons. The number of benzene rings is 2. The maximum atomic E-state index is 13.8. The summed E-state index contributed by atoms with van der Waals surface area (Å²) in [5, 5.41) is 8.97. The van der Waals surface area contributed by atoms with Crippen LogP contribution in [-0.2, 0) is 11.0 Å². The van der Waals surface area contributed by atoms with E-state index in [0.29, 0.717) is 12.0 Å². The largest absolute Gasteiger partial charge is 0.481 e. The monoisotopic (exact) mass is 534 g/mol. The Kier molecular flexibility index (Phi) is 7.84. The number of anilines is 1. The number of nitrogens with two attached hydrogens (primary N) is 1. The minimum atomic E-state index is -4.64. The Hall–Kier alpha value is -3.76. The normalized spacial score (nSPS) is 17.8. The van der Waals surface area contributed by atoms with Gasteiger partial charge in [0.25, 0.3) is 0 Å². The van der Waals surface area contributed by atoms with E-state index in [2.05, 4.69) is 21.9 Å². The number of carboxylic acids is 1. The summed E-state index contributed by atoms with van der Waals surface area (Å²) in [4.78, 5) is 21.3. The lowest BCUT2D eigenvalue weighted by Crippen LogP contribution is -2.22. The van der Waals surface area contributed by atoms with E-state index < -0.39 is 29.3 Å². The van der Waals surface area contributed by atoms with Crippen molar-refractivity contribution in [3.63, 3.8) is 0 Å². The van der Waals surface area contributed by atoms with Crippen molar-refractivity contribution in [2.24, 2.45) is 11.8 Å². The van der Waals surface area contributed by atoms with Gasteiger partial charge in [-0.3, -0.25) is 4.79 Å². The van der Waals surface area contributed by atoms with Crippen molar-refractivity contribution in [3.8, 4) is 11.4 Å². The maximum absolute atomic E-state index is 13.8. The highest BCUT2D eigenvalue weighted by atomic mass is 19.4. The minimum Gasteiger partial charge on any atom is -0.481 e. The number of H-pyrrole nitrogens is 1. The summed E-state index contributed by atoms with van der Waals surface area (Å²) in [6, 6.07) is 5.20. The lowest BCUT2D eigenvalue weighted by Gasteiger charge is -2.26. The Bertz CT molecular complexity index is 1470. The third-order valence-electron chi connectivity index (χ3n) is 6.84. The smallest absolute Gasteiger partial charge is 0.418 e. The van der Waals surface area contributed by atoms with Gasteiger partial charge in [0.2, 0.25) is 0 Å². The average molecular weight is 535 g/mol. The number of halogens is 5. The van der Waals surface area contributed by atoms with E-state index in [1.54, 1.807) is 0 Å². The Morgan fingerprint density at radius 2 is 1.92 bits per heavy atom. The summed E-state index contributed by atoms with van der Waals surface area (Å²) < 4.78 is 67.2. The van der Waals surface area contributed by atoms with Gasteiger partial charge in [-0.25, -0.2) is 18.7 Å². The van der Waals surface area contributed by atoms with E-state index >= 15 is 0 Å². The average Bonchev–Trinajstić information content (AvgIpc) is 3.28. The third-order valence-corrected chi connectivity index (χ3v) is 6.84. The van der Waals surface area contributed by atoms with Crippen LogP contribution in [0.2, 0.25) is 0 Å². The number of aromatic nitrogens is 3. The molecule has 0 bridgehead atoms. The number of aliphatic carboxylic acids is 1. The van der Waals surface area contributed by atoms with Crippen molar-refractivity contribution in [1.29, 1.82) is 0 Å². The predicted molar refractivity (Wildman–Crippen MR) is 134 cm³/mol. The number of hydrogen-bond donors (Lipinski definition) is 3. The second-order valence-corrected chi connectivity index (χ2v) is 9.50. The molecule has 4 aromatic rings. The van der Waals surface area contributed by atoms with Crippen LogP contribution in [0, 0.1) is 23.5 Å². The molecular weight excluding hydrogens is 507 g/mol. The van der Waals surface area contributed by atoms with Crippen molar-refractivity contribution in [2.75, 3.05) is 5.73 Å². The maximum Gasteiger partial charge on any atom is 0.418 e. The first-order chi connectivity index (χ1) is 18.0. The number of nitrogen functional groups attached to an aromatic ring is 1. The molecule has 1 aliphatic carbocycles. The van der Waals surface area contributed by atoms with Crippen molar-refractivity contribution in [1.82, 2.24) is 15.0 Å². The zero-order chi connectivity index (χ0) is 27.6. The standard InChI is InChI=1S/C17H9F5N4.C10H18O2/c18-7-4-9-10(6-24-14(9)12(19)5-7)16-25-13-8(15(23)26-16)2-1-3-11(13)17(20,21)22;1-2-4-8-5-3-6-9(7-8)10(11)12/h1-6,24H,(H2,23,25,26);8-9H,2-7H2,1H3,(H,11,12). The fraction of sp³-hybridized carbons (Fsp3) is 0.370. The van der Waals surface area contributed by atoms with Crippen molar-refractivity contribution in [3.05, 3.63) is 53.7 Å². The fourth-order valence-corrected chi connectivity index (χ4v) is 5.05. The zero-order valence-corrected chi connectivity index (χ0v) is 20.6. The summed E-state index contributed by atoms with van der Waals surface area (Å²) in [5.41, 5.74) is 4.59. The number of alkyl halides is 3. The first kappa shape index (κ1) is 27.3. The second-order valence-electron chi connectivity index (χ2n) is 9.50. The summed E-state index contributed by atoms with van der Waals surface area (Å²) >= 11 is 0. The molecule has 2 aromatic carbocycles. The number of para-hydroxylation sites is 1. The van der Waals surface area contributed by atoms with Crippen LogP contribution in [0.3, 0.4) is 0 Å². The Morgan fingerprint density at radius 3 is 2.61 bits per heavy atom. The SMILES string of the molecule is CCCC1CCCC(C(=O)O)C1.Nc1nc(-c2c[nH]c3c(F)cc(F)cc23)nc2c(C(F)(F)F)cccc12. The number of carboxylic acid groups (broad SMARTS) is 1. The molecule has 2 aromatic heterocycles. The summed E-state index contributed by atoms with van der Waals surface area (Å²) in [6.07, 6.45) is 3.23. The molecule has 0 spiro atoms. The highest BCUT2D eigenvalue weighted by Crippen LogP contribution is 2.37. The molecule has 11 heteroatoms. The molecule has 5 rings (SSSR count). The van der Waals surface area contributed by atoms with Crippen LogP contribution in [0.4, 0.5) is 27.8 Å². The summed E-state index contributed by atoms with van der Waals surface area (Å²) in [5.74, 6) is -1.95. The van der Waals surface area contributed by atoms with Crippen LogP contribution in [0.15, 0.2) is 36.5 Å². The lowest BCUT2D eigenvalue weighted by molar-refractivity contribution is -0.143. The molecule has 0 aliphatic heterocycles. The van der Waals surface area contributed by atoms with E-state index in [1.807, 2.05) is 0 Å². The van der Waals surface area contributed by atoms with Crippen molar-refractivity contribution in [2.45, 2.75) is 51.6 Å². The molecule has 1 saturated carbocycles. The number of fused-ring (bicyclic) bond motifs is 2. The molecular formula is C27H27F5N4O2. The molecule has 6 nitrogen and oxygen atoms in total. The number of carbonyl (C=O) groups is 1. The Morgan fingerprint density at radius 1 is 1.16 bits per heavy atom. The highest BCUT2D eigenvalue weighted by molar-refractivity contribution is 5.97. The van der Waals surface area contributed by atoms with Crippen LogP contribution < -0.4 is 5.73 Å². The van der Waals surface area contributed by atoms with E-state index in [-0.39, 0.29) is 44.9 Å². The van der Waals surface area contributed by atoms with E-state index in [4.69, 9.17) is 10.8 Å². The van der Waals surface area contributed by atoms with Crippen molar-refractivity contribution >= 4 is 33.6 Å². The van der Waals surface area contributed by atoms with Crippen LogP contribution in [-0.4, -0.2) is 26.0 Å². The van der Waals surface area contributed by atoms with Crippen molar-refractivity contribution < 1.29 is 31.9 Å². The first-order valence-corrected chi connectivity index (χ1v) is 12.3. The second kappa shape index (κ2) is 10.9. The number of nitrogens with one attached hydrogen (secondary N) is 1. The fourth-order valence-electron chi connectivity index (χ4n) is 5.05. The van der Waals surface area contributed by atoms with Gasteiger partial charge < -0.3 is 15.8 Å². The van der Waals surface area contributed by atoms with Gasteiger partial charge in [0, 0.05) is 28.6 Å².